The van der Waals surface area contributed by atoms with Crippen molar-refractivity contribution >= 4 is 0 Å². The van der Waals surface area contributed by atoms with Gasteiger partial charge in [0.1, 0.15) is 0 Å². The molecule has 2 atom stereocenters. The number of nitrogens with one attached hydrogen (secondary N) is 1. The lowest BCUT2D eigenvalue weighted by Gasteiger charge is -2.15. The second-order valence-corrected chi connectivity index (χ2v) is 2.17. The van der Waals surface area contributed by atoms with Crippen molar-refractivity contribution in [1.29, 1.82) is 0 Å². The summed E-state index contributed by atoms with van der Waals surface area (Å²) in [6.07, 6.45) is 2.08. The number of aliphatic hydroxyl groups is 1. The maximum atomic E-state index is 9.18. The first kappa shape index (κ1) is 8.66. The molecule has 0 bridgehead atoms. The van der Waals surface area contributed by atoms with Crippen LogP contribution in [0, 0.1) is 0 Å². The molecule has 0 radical (unpaired) electrons. The molecular weight excluding hydrogens is 114 g/mol. The standard InChI is InChI=1S/C7H15NO/c1-4-5-7(9)6(2)8-3/h4,6-9H,1,5H2,2-3H3. The average molecular weight is 129 g/mol. The highest BCUT2D eigenvalue weighted by atomic mass is 16.3. The first-order chi connectivity index (χ1) is 4.22. The third-order valence-electron chi connectivity index (χ3n) is 1.44. The van der Waals surface area contributed by atoms with E-state index in [-0.39, 0.29) is 12.1 Å². The zero-order chi connectivity index (χ0) is 7.28. The van der Waals surface area contributed by atoms with Crippen LogP contribution in [0.2, 0.25) is 0 Å². The Morgan fingerprint density at radius 1 is 1.78 bits per heavy atom. The van der Waals surface area contributed by atoms with Crippen molar-refractivity contribution in [2.45, 2.75) is 25.5 Å². The van der Waals surface area contributed by atoms with E-state index in [4.69, 9.17) is 0 Å². The molecule has 0 spiro atoms. The topological polar surface area (TPSA) is 32.3 Å². The van der Waals surface area contributed by atoms with Crippen molar-refractivity contribution in [3.05, 3.63) is 12.7 Å². The number of hydrogen-bond acceptors (Lipinski definition) is 2. The molecule has 2 unspecified atom stereocenters. The van der Waals surface area contributed by atoms with Crippen molar-refractivity contribution in [1.82, 2.24) is 5.32 Å². The lowest BCUT2D eigenvalue weighted by atomic mass is 10.1. The maximum Gasteiger partial charge on any atom is 0.0724 e. The van der Waals surface area contributed by atoms with Crippen molar-refractivity contribution in [3.8, 4) is 0 Å². The van der Waals surface area contributed by atoms with Gasteiger partial charge in [0.05, 0.1) is 6.10 Å². The predicted molar refractivity (Wildman–Crippen MR) is 39.3 cm³/mol. The first-order valence-electron chi connectivity index (χ1n) is 3.18. The highest BCUT2D eigenvalue weighted by Gasteiger charge is 2.08. The lowest BCUT2D eigenvalue weighted by molar-refractivity contribution is 0.141. The van der Waals surface area contributed by atoms with E-state index in [9.17, 15) is 5.11 Å². The van der Waals surface area contributed by atoms with Crippen LogP contribution in [0.25, 0.3) is 0 Å². The van der Waals surface area contributed by atoms with E-state index < -0.39 is 0 Å². The van der Waals surface area contributed by atoms with Crippen LogP contribution in [0.1, 0.15) is 13.3 Å². The molecule has 0 aliphatic rings. The molecule has 0 rings (SSSR count). The van der Waals surface area contributed by atoms with Crippen LogP contribution in [-0.4, -0.2) is 24.3 Å². The van der Waals surface area contributed by atoms with E-state index in [0.29, 0.717) is 6.42 Å². The molecule has 0 heterocycles. The number of rotatable bonds is 4. The molecule has 2 heteroatoms. The third kappa shape index (κ3) is 3.27. The van der Waals surface area contributed by atoms with Gasteiger partial charge < -0.3 is 10.4 Å². The van der Waals surface area contributed by atoms with Crippen LogP contribution in [-0.2, 0) is 0 Å². The molecular formula is C7H15NO. The fraction of sp³-hybridized carbons (Fsp3) is 0.714. The van der Waals surface area contributed by atoms with Gasteiger partial charge >= 0.3 is 0 Å². The molecule has 0 fully saturated rings. The molecule has 0 aromatic rings. The normalized spacial score (nSPS) is 16.8. The minimum Gasteiger partial charge on any atom is -0.391 e. The van der Waals surface area contributed by atoms with Crippen LogP contribution >= 0.6 is 0 Å². The van der Waals surface area contributed by atoms with Gasteiger partial charge in [-0.1, -0.05) is 6.08 Å². The molecule has 0 aliphatic heterocycles. The Balaban J connectivity index is 3.44. The van der Waals surface area contributed by atoms with Crippen molar-refractivity contribution in [2.75, 3.05) is 7.05 Å². The molecule has 0 amide bonds. The van der Waals surface area contributed by atoms with Crippen LogP contribution in [0.15, 0.2) is 12.7 Å². The number of likely N-dealkylation sites (N-methyl/N-ethyl adjacent to an activating group) is 1. The van der Waals surface area contributed by atoms with E-state index in [1.165, 1.54) is 0 Å². The molecule has 54 valence electrons. The van der Waals surface area contributed by atoms with E-state index in [1.54, 1.807) is 6.08 Å². The van der Waals surface area contributed by atoms with Crippen molar-refractivity contribution < 1.29 is 5.11 Å². The molecule has 2 nitrogen and oxygen atoms in total. The Hall–Kier alpha value is -0.340. The summed E-state index contributed by atoms with van der Waals surface area (Å²) in [5.74, 6) is 0. The van der Waals surface area contributed by atoms with Crippen LogP contribution < -0.4 is 5.32 Å². The quantitative estimate of drug-likeness (QED) is 0.543. The van der Waals surface area contributed by atoms with E-state index in [1.807, 2.05) is 14.0 Å². The van der Waals surface area contributed by atoms with Crippen molar-refractivity contribution in [3.63, 3.8) is 0 Å². The molecule has 9 heavy (non-hydrogen) atoms. The van der Waals surface area contributed by atoms with Gasteiger partial charge in [0.25, 0.3) is 0 Å². The Kier molecular flexibility index (Phi) is 4.36. The Morgan fingerprint density at radius 2 is 2.33 bits per heavy atom. The average Bonchev–Trinajstić information content (AvgIpc) is 1.87. The summed E-state index contributed by atoms with van der Waals surface area (Å²) in [6.45, 7) is 5.47. The van der Waals surface area contributed by atoms with Gasteiger partial charge in [-0.2, -0.15) is 0 Å². The summed E-state index contributed by atoms with van der Waals surface area (Å²) in [5, 5.41) is 12.1. The maximum absolute atomic E-state index is 9.18. The Labute approximate surface area is 56.6 Å². The summed E-state index contributed by atoms with van der Waals surface area (Å²) < 4.78 is 0. The second kappa shape index (κ2) is 4.53. The smallest absolute Gasteiger partial charge is 0.0724 e. The van der Waals surface area contributed by atoms with Crippen LogP contribution in [0.5, 0.6) is 0 Å². The molecule has 0 saturated heterocycles. The largest absolute Gasteiger partial charge is 0.391 e. The van der Waals surface area contributed by atoms with Gasteiger partial charge in [-0.05, 0) is 20.4 Å². The van der Waals surface area contributed by atoms with Gasteiger partial charge in [0.15, 0.2) is 0 Å². The Morgan fingerprint density at radius 3 is 2.67 bits per heavy atom. The van der Waals surface area contributed by atoms with Gasteiger partial charge in [-0.15, -0.1) is 6.58 Å². The fourth-order valence-corrected chi connectivity index (χ4v) is 0.567. The van der Waals surface area contributed by atoms with Gasteiger partial charge in [-0.3, -0.25) is 0 Å². The minimum atomic E-state index is -0.299. The monoisotopic (exact) mass is 129 g/mol. The van der Waals surface area contributed by atoms with E-state index in [2.05, 4.69) is 11.9 Å². The summed E-state index contributed by atoms with van der Waals surface area (Å²) >= 11 is 0. The first-order valence-corrected chi connectivity index (χ1v) is 3.18. The third-order valence-corrected chi connectivity index (χ3v) is 1.44. The fourth-order valence-electron chi connectivity index (χ4n) is 0.567. The summed E-state index contributed by atoms with van der Waals surface area (Å²) in [6, 6.07) is 0.156. The van der Waals surface area contributed by atoms with Crippen molar-refractivity contribution in [2.24, 2.45) is 0 Å². The van der Waals surface area contributed by atoms with Crippen LogP contribution in [0.4, 0.5) is 0 Å². The minimum absolute atomic E-state index is 0.156. The van der Waals surface area contributed by atoms with Gasteiger partial charge in [0.2, 0.25) is 0 Å². The summed E-state index contributed by atoms with van der Waals surface area (Å²) in [4.78, 5) is 0. The predicted octanol–water partition coefficient (Wildman–Crippen LogP) is 0.531. The summed E-state index contributed by atoms with van der Waals surface area (Å²) in [7, 11) is 1.83. The van der Waals surface area contributed by atoms with Gasteiger partial charge in [-0.25, -0.2) is 0 Å². The number of hydrogen-bond donors (Lipinski definition) is 2. The molecule has 0 aromatic carbocycles. The molecule has 0 saturated carbocycles. The summed E-state index contributed by atoms with van der Waals surface area (Å²) in [5.41, 5.74) is 0. The second-order valence-electron chi connectivity index (χ2n) is 2.17. The highest BCUT2D eigenvalue weighted by Crippen LogP contribution is 1.96. The molecule has 2 N–H and O–H groups in total. The van der Waals surface area contributed by atoms with E-state index >= 15 is 0 Å². The molecule has 0 aliphatic carbocycles. The van der Waals surface area contributed by atoms with Gasteiger partial charge in [0, 0.05) is 6.04 Å². The Bertz CT molecular complexity index is 83.0. The number of aliphatic hydroxyl groups excluding tert-OH is 1. The highest BCUT2D eigenvalue weighted by molar-refractivity contribution is 4.78. The van der Waals surface area contributed by atoms with Crippen LogP contribution in [0.3, 0.4) is 0 Å². The lowest BCUT2D eigenvalue weighted by Crippen LogP contribution is -2.34. The zero-order valence-corrected chi connectivity index (χ0v) is 6.09. The molecule has 0 aromatic heterocycles. The van der Waals surface area contributed by atoms with E-state index in [0.717, 1.165) is 0 Å². The zero-order valence-electron chi connectivity index (χ0n) is 6.09. The SMILES string of the molecule is C=CCC(O)C(C)NC.